The van der Waals surface area contributed by atoms with E-state index in [1.165, 1.54) is 0 Å². The maximum Gasteiger partial charge on any atom is 0.190 e. The Balaban J connectivity index is 2.00. The van der Waals surface area contributed by atoms with Crippen LogP contribution in [0.4, 0.5) is 0 Å². The summed E-state index contributed by atoms with van der Waals surface area (Å²) >= 11 is 12.4. The Morgan fingerprint density at radius 1 is 1.16 bits per heavy atom. The molecule has 2 aromatic rings. The van der Waals surface area contributed by atoms with Crippen molar-refractivity contribution in [2.75, 3.05) is 6.61 Å². The topological polar surface area (TPSA) is 41.8 Å². The van der Waals surface area contributed by atoms with Gasteiger partial charge in [-0.25, -0.2) is 4.99 Å². The summed E-state index contributed by atoms with van der Waals surface area (Å²) in [7, 11) is 0. The molecule has 0 amide bonds. The Bertz CT molecular complexity index is 925. The molecule has 2 aromatic carbocycles. The summed E-state index contributed by atoms with van der Waals surface area (Å²) in [5, 5.41) is 12.7. The van der Waals surface area contributed by atoms with Crippen LogP contribution in [0.3, 0.4) is 0 Å². The van der Waals surface area contributed by atoms with Gasteiger partial charge in [-0.15, -0.1) is 6.58 Å². The molecule has 4 atom stereocenters. The summed E-state index contributed by atoms with van der Waals surface area (Å²) in [6.07, 6.45) is 2.49. The first-order chi connectivity index (χ1) is 14.7. The zero-order valence-electron chi connectivity index (χ0n) is 18.4. The number of ether oxygens (including phenoxy) is 1. The first kappa shape index (κ1) is 23.8. The van der Waals surface area contributed by atoms with Crippen LogP contribution in [-0.4, -0.2) is 23.7 Å². The van der Waals surface area contributed by atoms with E-state index in [4.69, 9.17) is 32.9 Å². The molecule has 1 aliphatic heterocycles. The fourth-order valence-electron chi connectivity index (χ4n) is 4.16. The SMILES string of the molecule is C=CCC(C)(CC(c1cccc(Cl)c1)[C@@H](O)c1ccc(Cl)cc1)C1=NC(C(C)C)CO1. The number of hydrogen-bond donors (Lipinski definition) is 1. The number of aliphatic hydroxyl groups excluding tert-OH is 1. The maximum absolute atomic E-state index is 11.4. The lowest BCUT2D eigenvalue weighted by Crippen LogP contribution is -2.31. The number of aliphatic hydroxyl groups is 1. The van der Waals surface area contributed by atoms with Gasteiger partial charge in [0.25, 0.3) is 0 Å². The Morgan fingerprint density at radius 3 is 2.45 bits per heavy atom. The number of halogens is 2. The van der Waals surface area contributed by atoms with Gasteiger partial charge in [0.15, 0.2) is 5.90 Å². The lowest BCUT2D eigenvalue weighted by atomic mass is 9.73. The van der Waals surface area contributed by atoms with Crippen LogP contribution in [0.15, 0.2) is 66.2 Å². The molecule has 166 valence electrons. The standard InChI is InChI=1S/C26H31Cl2NO2/c1-5-13-26(4,25-29-23(16-31-25)17(2)3)15-22(19-7-6-8-21(28)14-19)24(30)18-9-11-20(27)12-10-18/h5-12,14,17,22-24,30H,1,13,15-16H2,2-4H3/t22?,23?,24-,26?/m0/s1. The van der Waals surface area contributed by atoms with Crippen LogP contribution < -0.4 is 0 Å². The summed E-state index contributed by atoms with van der Waals surface area (Å²) in [6, 6.07) is 15.2. The Morgan fingerprint density at radius 2 is 1.87 bits per heavy atom. The lowest BCUT2D eigenvalue weighted by molar-refractivity contribution is 0.121. The summed E-state index contributed by atoms with van der Waals surface area (Å²) in [6.45, 7) is 11.0. The average molecular weight is 460 g/mol. The highest BCUT2D eigenvalue weighted by atomic mass is 35.5. The van der Waals surface area contributed by atoms with E-state index in [1.54, 1.807) is 12.1 Å². The Hall–Kier alpha value is -1.81. The Kier molecular flexibility index (Phi) is 7.85. The predicted octanol–water partition coefficient (Wildman–Crippen LogP) is 7.24. The second-order valence-electron chi connectivity index (χ2n) is 8.97. The van der Waals surface area contributed by atoms with Crippen LogP contribution in [0.2, 0.25) is 10.0 Å². The molecule has 0 fully saturated rings. The fourth-order valence-corrected chi connectivity index (χ4v) is 4.49. The molecule has 0 bridgehead atoms. The monoisotopic (exact) mass is 459 g/mol. The van der Waals surface area contributed by atoms with Crippen LogP contribution in [0.25, 0.3) is 0 Å². The van der Waals surface area contributed by atoms with Crippen LogP contribution >= 0.6 is 23.2 Å². The molecule has 0 aromatic heterocycles. The molecule has 1 N–H and O–H groups in total. The van der Waals surface area contributed by atoms with Crippen molar-refractivity contribution >= 4 is 29.1 Å². The van der Waals surface area contributed by atoms with Crippen LogP contribution in [0.5, 0.6) is 0 Å². The highest BCUT2D eigenvalue weighted by Gasteiger charge is 2.40. The highest BCUT2D eigenvalue weighted by molar-refractivity contribution is 6.30. The van der Waals surface area contributed by atoms with Gasteiger partial charge in [-0.2, -0.15) is 0 Å². The number of allylic oxidation sites excluding steroid dienone is 1. The second-order valence-corrected chi connectivity index (χ2v) is 9.84. The van der Waals surface area contributed by atoms with E-state index >= 15 is 0 Å². The van der Waals surface area contributed by atoms with Crippen molar-refractivity contribution in [2.45, 2.75) is 51.7 Å². The number of benzene rings is 2. The number of nitrogens with zero attached hydrogens (tertiary/aromatic N) is 1. The van der Waals surface area contributed by atoms with Gasteiger partial charge in [0, 0.05) is 21.4 Å². The van der Waals surface area contributed by atoms with Crippen molar-refractivity contribution in [1.29, 1.82) is 0 Å². The van der Waals surface area contributed by atoms with Gasteiger partial charge in [0.1, 0.15) is 6.61 Å². The minimum absolute atomic E-state index is 0.157. The number of hydrogen-bond acceptors (Lipinski definition) is 3. The second kappa shape index (κ2) is 10.2. The van der Waals surface area contributed by atoms with Crippen molar-refractivity contribution < 1.29 is 9.84 Å². The minimum atomic E-state index is -0.734. The van der Waals surface area contributed by atoms with Gasteiger partial charge in [0.05, 0.1) is 12.1 Å². The third kappa shape index (κ3) is 5.71. The molecular formula is C26H31Cl2NO2. The van der Waals surface area contributed by atoms with E-state index in [-0.39, 0.29) is 12.0 Å². The van der Waals surface area contributed by atoms with E-state index in [0.717, 1.165) is 17.0 Å². The third-order valence-electron chi connectivity index (χ3n) is 6.09. The summed E-state index contributed by atoms with van der Waals surface area (Å²) < 4.78 is 6.08. The quantitative estimate of drug-likeness (QED) is 0.401. The molecule has 0 radical (unpaired) electrons. The van der Waals surface area contributed by atoms with E-state index in [0.29, 0.717) is 35.4 Å². The van der Waals surface area contributed by atoms with Gasteiger partial charge >= 0.3 is 0 Å². The smallest absolute Gasteiger partial charge is 0.190 e. The van der Waals surface area contributed by atoms with E-state index < -0.39 is 11.5 Å². The van der Waals surface area contributed by atoms with E-state index in [1.807, 2.05) is 42.5 Å². The van der Waals surface area contributed by atoms with E-state index in [2.05, 4.69) is 27.4 Å². The lowest BCUT2D eigenvalue weighted by Gasteiger charge is -2.34. The maximum atomic E-state index is 11.4. The van der Waals surface area contributed by atoms with Crippen molar-refractivity contribution in [1.82, 2.24) is 0 Å². The first-order valence-electron chi connectivity index (χ1n) is 10.7. The molecule has 0 saturated heterocycles. The predicted molar refractivity (Wildman–Crippen MR) is 130 cm³/mol. The molecule has 3 nitrogen and oxygen atoms in total. The average Bonchev–Trinajstić information content (AvgIpc) is 3.24. The van der Waals surface area contributed by atoms with Gasteiger partial charge < -0.3 is 9.84 Å². The molecule has 0 spiro atoms. The normalized spacial score (nSPS) is 20.0. The van der Waals surface area contributed by atoms with Crippen LogP contribution in [-0.2, 0) is 4.74 Å². The van der Waals surface area contributed by atoms with Crippen molar-refractivity contribution in [2.24, 2.45) is 16.3 Å². The highest BCUT2D eigenvalue weighted by Crippen LogP contribution is 2.44. The van der Waals surface area contributed by atoms with Gasteiger partial charge in [-0.05, 0) is 54.2 Å². The molecule has 3 unspecified atom stereocenters. The zero-order valence-corrected chi connectivity index (χ0v) is 19.9. The fraction of sp³-hybridized carbons (Fsp3) is 0.423. The van der Waals surface area contributed by atoms with Gasteiger partial charge in [-0.1, -0.05) is 74.3 Å². The molecule has 3 rings (SSSR count). The van der Waals surface area contributed by atoms with Crippen molar-refractivity contribution in [3.63, 3.8) is 0 Å². The number of rotatable bonds is 9. The van der Waals surface area contributed by atoms with Crippen LogP contribution in [0, 0.1) is 11.3 Å². The summed E-state index contributed by atoms with van der Waals surface area (Å²) in [4.78, 5) is 4.91. The van der Waals surface area contributed by atoms with Crippen molar-refractivity contribution in [3.05, 3.63) is 82.4 Å². The van der Waals surface area contributed by atoms with E-state index in [9.17, 15) is 5.11 Å². The molecule has 0 saturated carbocycles. The largest absolute Gasteiger partial charge is 0.478 e. The van der Waals surface area contributed by atoms with Crippen molar-refractivity contribution in [3.8, 4) is 0 Å². The molecule has 0 aliphatic carbocycles. The minimum Gasteiger partial charge on any atom is -0.478 e. The molecule has 1 aliphatic rings. The molecule has 31 heavy (non-hydrogen) atoms. The van der Waals surface area contributed by atoms with Crippen LogP contribution in [0.1, 0.15) is 56.8 Å². The number of aliphatic imine (C=N–C) groups is 1. The molecular weight excluding hydrogens is 429 g/mol. The Labute approximate surface area is 195 Å². The van der Waals surface area contributed by atoms with Gasteiger partial charge in [-0.3, -0.25) is 0 Å². The van der Waals surface area contributed by atoms with Gasteiger partial charge in [0.2, 0.25) is 0 Å². The molecule has 5 heteroatoms. The zero-order chi connectivity index (χ0) is 22.6. The summed E-state index contributed by atoms with van der Waals surface area (Å²) in [5.74, 6) is 0.949. The summed E-state index contributed by atoms with van der Waals surface area (Å²) in [5.41, 5.74) is 1.39. The first-order valence-corrected chi connectivity index (χ1v) is 11.5. The molecule has 1 heterocycles. The third-order valence-corrected chi connectivity index (χ3v) is 6.58.